The van der Waals surface area contributed by atoms with E-state index in [9.17, 15) is 8.42 Å². The van der Waals surface area contributed by atoms with Crippen LogP contribution >= 0.6 is 0 Å². The highest BCUT2D eigenvalue weighted by atomic mass is 32.2. The molecule has 0 fully saturated rings. The fraction of sp³-hybridized carbons (Fsp3) is 0.308. The van der Waals surface area contributed by atoms with Crippen molar-refractivity contribution in [1.29, 1.82) is 0 Å². The lowest BCUT2D eigenvalue weighted by molar-refractivity contribution is 0.566. The summed E-state index contributed by atoms with van der Waals surface area (Å²) >= 11 is 0. The summed E-state index contributed by atoms with van der Waals surface area (Å²) in [5.74, 6) is 0. The summed E-state index contributed by atoms with van der Waals surface area (Å²) < 4.78 is 26.0. The first-order valence-corrected chi connectivity index (χ1v) is 12.5. The van der Waals surface area contributed by atoms with E-state index < -0.39 is 10.0 Å². The van der Waals surface area contributed by atoms with E-state index in [4.69, 9.17) is 0 Å². The molecule has 0 radical (unpaired) electrons. The van der Waals surface area contributed by atoms with Gasteiger partial charge < -0.3 is 5.32 Å². The summed E-state index contributed by atoms with van der Waals surface area (Å²) in [6.45, 7) is 4.77. The van der Waals surface area contributed by atoms with Gasteiger partial charge in [-0.15, -0.1) is 0 Å². The molecule has 31 heavy (non-hydrogen) atoms. The maximum Gasteiger partial charge on any atom is 0.213 e. The Bertz CT molecular complexity index is 1030. The van der Waals surface area contributed by atoms with Gasteiger partial charge in [-0.05, 0) is 61.1 Å². The van der Waals surface area contributed by atoms with Crippen LogP contribution in [-0.2, 0) is 10.0 Å². The number of sulfonamides is 1. The minimum Gasteiger partial charge on any atom is -0.385 e. The number of nitrogens with one attached hydrogen (secondary N) is 2. The molecular formula is C26H32N2O2S. The first-order valence-electron chi connectivity index (χ1n) is 10.9. The summed E-state index contributed by atoms with van der Waals surface area (Å²) in [5.41, 5.74) is 5.95. The van der Waals surface area contributed by atoms with E-state index in [-0.39, 0.29) is 5.25 Å². The number of rotatable bonds is 11. The molecule has 0 aliphatic carbocycles. The van der Waals surface area contributed by atoms with Crippen LogP contribution in [0, 0.1) is 0 Å². The van der Waals surface area contributed by atoms with Crippen LogP contribution in [-0.4, -0.2) is 26.8 Å². The quantitative estimate of drug-likeness (QED) is 0.366. The molecule has 2 N–H and O–H groups in total. The average Bonchev–Trinajstić information content (AvgIpc) is 2.79. The molecule has 5 heteroatoms. The van der Waals surface area contributed by atoms with Gasteiger partial charge in [0.05, 0.1) is 5.25 Å². The van der Waals surface area contributed by atoms with Crippen molar-refractivity contribution in [2.75, 3.05) is 18.4 Å². The molecule has 4 nitrogen and oxygen atoms in total. The molecule has 0 heterocycles. The van der Waals surface area contributed by atoms with Crippen molar-refractivity contribution in [3.63, 3.8) is 0 Å². The maximum absolute atomic E-state index is 11.7. The normalized spacial score (nSPS) is 11.6. The monoisotopic (exact) mass is 436 g/mol. The van der Waals surface area contributed by atoms with Crippen molar-refractivity contribution in [3.05, 3.63) is 78.9 Å². The SMILES string of the molecule is CC(C)S(=O)(=O)NCCCCCNc1ccc(-c2ccc(-c3ccccc3)cc2)cc1. The lowest BCUT2D eigenvalue weighted by Gasteiger charge is -2.10. The topological polar surface area (TPSA) is 58.2 Å². The first-order chi connectivity index (χ1) is 15.0. The van der Waals surface area contributed by atoms with E-state index in [2.05, 4.69) is 82.8 Å². The maximum atomic E-state index is 11.7. The van der Waals surface area contributed by atoms with E-state index in [1.54, 1.807) is 13.8 Å². The number of unbranched alkanes of at least 4 members (excludes halogenated alkanes) is 2. The smallest absolute Gasteiger partial charge is 0.213 e. The second kappa shape index (κ2) is 11.1. The third-order valence-electron chi connectivity index (χ3n) is 5.32. The van der Waals surface area contributed by atoms with E-state index in [0.29, 0.717) is 6.54 Å². The van der Waals surface area contributed by atoms with Crippen LogP contribution in [0.5, 0.6) is 0 Å². The van der Waals surface area contributed by atoms with Gasteiger partial charge in [-0.25, -0.2) is 13.1 Å². The largest absolute Gasteiger partial charge is 0.385 e. The van der Waals surface area contributed by atoms with Crippen molar-refractivity contribution in [1.82, 2.24) is 4.72 Å². The van der Waals surface area contributed by atoms with Gasteiger partial charge in [0.1, 0.15) is 0 Å². The highest BCUT2D eigenvalue weighted by Crippen LogP contribution is 2.25. The molecule has 0 bridgehead atoms. The second-order valence-corrected chi connectivity index (χ2v) is 10.3. The fourth-order valence-electron chi connectivity index (χ4n) is 3.31. The Morgan fingerprint density at radius 3 is 1.68 bits per heavy atom. The molecule has 0 amide bonds. The van der Waals surface area contributed by atoms with Gasteiger partial charge in [-0.1, -0.05) is 73.2 Å². The van der Waals surface area contributed by atoms with E-state index in [1.807, 2.05) is 6.07 Å². The average molecular weight is 437 g/mol. The summed E-state index contributed by atoms with van der Waals surface area (Å²) in [6.07, 6.45) is 2.84. The third-order valence-corrected chi connectivity index (χ3v) is 7.16. The van der Waals surface area contributed by atoms with Crippen molar-refractivity contribution < 1.29 is 8.42 Å². The summed E-state index contributed by atoms with van der Waals surface area (Å²) in [4.78, 5) is 0. The van der Waals surface area contributed by atoms with Crippen LogP contribution in [0.25, 0.3) is 22.3 Å². The molecule has 0 saturated heterocycles. The number of hydrogen-bond donors (Lipinski definition) is 2. The predicted molar refractivity (Wildman–Crippen MR) is 132 cm³/mol. The van der Waals surface area contributed by atoms with Crippen LogP contribution < -0.4 is 10.0 Å². The molecule has 3 rings (SSSR count). The molecule has 3 aromatic rings. The zero-order valence-corrected chi connectivity index (χ0v) is 19.2. The van der Waals surface area contributed by atoms with Gasteiger partial charge in [0.25, 0.3) is 0 Å². The highest BCUT2D eigenvalue weighted by molar-refractivity contribution is 7.90. The zero-order valence-electron chi connectivity index (χ0n) is 18.3. The zero-order chi connectivity index (χ0) is 22.1. The Balaban J connectivity index is 1.41. The van der Waals surface area contributed by atoms with Gasteiger partial charge in [0, 0.05) is 18.8 Å². The molecule has 0 aliphatic heterocycles. The van der Waals surface area contributed by atoms with Gasteiger partial charge in [0.2, 0.25) is 10.0 Å². The summed E-state index contributed by atoms with van der Waals surface area (Å²) in [5, 5.41) is 3.06. The van der Waals surface area contributed by atoms with Crippen LogP contribution in [0.1, 0.15) is 33.1 Å². The van der Waals surface area contributed by atoms with Crippen molar-refractivity contribution in [2.45, 2.75) is 38.4 Å². The Morgan fingerprint density at radius 2 is 1.13 bits per heavy atom. The fourth-order valence-corrected chi connectivity index (χ4v) is 4.07. The molecule has 0 saturated carbocycles. The highest BCUT2D eigenvalue weighted by Gasteiger charge is 2.13. The van der Waals surface area contributed by atoms with Crippen molar-refractivity contribution in [2.24, 2.45) is 0 Å². The predicted octanol–water partition coefficient (Wildman–Crippen LogP) is 5.93. The van der Waals surface area contributed by atoms with Crippen molar-refractivity contribution >= 4 is 15.7 Å². The van der Waals surface area contributed by atoms with Gasteiger partial charge in [-0.2, -0.15) is 0 Å². The van der Waals surface area contributed by atoms with Gasteiger partial charge in [0.15, 0.2) is 0 Å². The molecule has 3 aromatic carbocycles. The minimum atomic E-state index is -3.14. The Hall–Kier alpha value is -2.63. The molecular weight excluding hydrogens is 404 g/mol. The van der Waals surface area contributed by atoms with Crippen LogP contribution in [0.3, 0.4) is 0 Å². The Labute approximate surface area is 186 Å². The second-order valence-electron chi connectivity index (χ2n) is 8.00. The number of hydrogen-bond acceptors (Lipinski definition) is 3. The molecule has 164 valence electrons. The molecule has 0 aromatic heterocycles. The van der Waals surface area contributed by atoms with Crippen LogP contribution in [0.15, 0.2) is 78.9 Å². The Kier molecular flexibility index (Phi) is 8.27. The van der Waals surface area contributed by atoms with E-state index >= 15 is 0 Å². The van der Waals surface area contributed by atoms with Crippen molar-refractivity contribution in [3.8, 4) is 22.3 Å². The van der Waals surface area contributed by atoms with E-state index in [0.717, 1.165) is 31.5 Å². The number of anilines is 1. The molecule has 0 atom stereocenters. The molecule has 0 spiro atoms. The lowest BCUT2D eigenvalue weighted by Crippen LogP contribution is -2.31. The van der Waals surface area contributed by atoms with Gasteiger partial charge >= 0.3 is 0 Å². The van der Waals surface area contributed by atoms with Crippen LogP contribution in [0.4, 0.5) is 5.69 Å². The number of benzene rings is 3. The van der Waals surface area contributed by atoms with Gasteiger partial charge in [-0.3, -0.25) is 0 Å². The van der Waals surface area contributed by atoms with Crippen LogP contribution in [0.2, 0.25) is 0 Å². The standard InChI is InChI=1S/C26H32N2O2S/c1-21(2)31(29,30)28-20-8-4-7-19-27-26-17-15-25(16-18-26)24-13-11-23(12-14-24)22-9-5-3-6-10-22/h3,5-6,9-18,21,27-28H,4,7-8,19-20H2,1-2H3. The minimum absolute atomic E-state index is 0.376. The lowest BCUT2D eigenvalue weighted by atomic mass is 10.0. The van der Waals surface area contributed by atoms with E-state index in [1.165, 1.54) is 22.3 Å². The first kappa shape index (κ1) is 23.0. The Morgan fingerprint density at radius 1 is 0.645 bits per heavy atom. The molecule has 0 aliphatic rings. The summed E-state index contributed by atoms with van der Waals surface area (Å²) in [6, 6.07) is 27.6. The third kappa shape index (κ3) is 6.94. The summed E-state index contributed by atoms with van der Waals surface area (Å²) in [7, 11) is -3.14. The molecule has 0 unspecified atom stereocenters.